The Balaban J connectivity index is 1.43. The van der Waals surface area contributed by atoms with Crippen LogP contribution in [0.25, 0.3) is 10.6 Å². The number of sulfonamides is 1. The summed E-state index contributed by atoms with van der Waals surface area (Å²) in [4.78, 5) is 33.4. The van der Waals surface area contributed by atoms with Crippen LogP contribution in [0.1, 0.15) is 53.3 Å². The zero-order valence-electron chi connectivity index (χ0n) is 21.3. The van der Waals surface area contributed by atoms with Crippen molar-refractivity contribution in [3.05, 3.63) is 47.1 Å². The quantitative estimate of drug-likeness (QED) is 0.348. The number of nitrogens with two attached hydrogens (primary N) is 1. The summed E-state index contributed by atoms with van der Waals surface area (Å²) in [5.74, 6) is -0.700. The summed E-state index contributed by atoms with van der Waals surface area (Å²) in [7, 11) is -3.46. The Morgan fingerprint density at radius 2 is 2.18 bits per heavy atom. The van der Waals surface area contributed by atoms with Crippen LogP contribution in [0.4, 0.5) is 5.69 Å². The monoisotopic (exact) mass is 571 g/mol. The number of hydrogen-bond donors (Lipinski definition) is 2. The number of amides is 1. The topological polar surface area (TPSA) is 163 Å². The highest BCUT2D eigenvalue weighted by Crippen LogP contribution is 2.39. The average Bonchev–Trinajstić information content (AvgIpc) is 3.36. The van der Waals surface area contributed by atoms with Gasteiger partial charge in [-0.2, -0.15) is 0 Å². The van der Waals surface area contributed by atoms with Crippen LogP contribution in [0.3, 0.4) is 0 Å². The lowest BCUT2D eigenvalue weighted by Crippen LogP contribution is -2.40. The highest BCUT2D eigenvalue weighted by atomic mass is 32.2. The molecule has 3 N–H and O–H groups in total. The van der Waals surface area contributed by atoms with Gasteiger partial charge in [0, 0.05) is 25.3 Å². The molecule has 3 fully saturated rings. The van der Waals surface area contributed by atoms with Crippen molar-refractivity contribution in [1.82, 2.24) is 24.8 Å². The Bertz CT molecular complexity index is 1490. The summed E-state index contributed by atoms with van der Waals surface area (Å²) in [5, 5.41) is -0.213. The first kappa shape index (κ1) is 26.0. The van der Waals surface area contributed by atoms with Crippen LogP contribution in [0.5, 0.6) is 5.88 Å². The third-order valence-electron chi connectivity index (χ3n) is 7.12. The second-order valence-corrected chi connectivity index (χ2v) is 12.9. The van der Waals surface area contributed by atoms with Crippen LogP contribution >= 0.6 is 11.3 Å². The second-order valence-electron chi connectivity index (χ2n) is 9.94. The minimum Gasteiger partial charge on any atom is -0.477 e. The Kier molecular flexibility index (Phi) is 6.95. The summed E-state index contributed by atoms with van der Waals surface area (Å²) >= 11 is 1.14. The fraction of sp³-hybridized carbons (Fsp3) is 0.480. The van der Waals surface area contributed by atoms with Gasteiger partial charge in [-0.15, -0.1) is 11.3 Å². The van der Waals surface area contributed by atoms with Crippen LogP contribution in [-0.2, 0) is 14.8 Å². The summed E-state index contributed by atoms with van der Waals surface area (Å²) in [6.45, 7) is 4.26. The number of ether oxygens (including phenoxy) is 2. The van der Waals surface area contributed by atoms with E-state index in [4.69, 9.17) is 15.2 Å². The van der Waals surface area contributed by atoms with Crippen LogP contribution in [0.2, 0.25) is 0 Å². The number of hydrogen-bond acceptors (Lipinski definition) is 11. The van der Waals surface area contributed by atoms with Crippen molar-refractivity contribution in [2.24, 2.45) is 5.73 Å². The highest BCUT2D eigenvalue weighted by Gasteiger charge is 2.41. The highest BCUT2D eigenvalue weighted by molar-refractivity contribution is 7.93. The number of carbonyl (C=O) groups excluding carboxylic acids is 1. The smallest absolute Gasteiger partial charge is 0.277 e. The van der Waals surface area contributed by atoms with Crippen molar-refractivity contribution >= 4 is 33.0 Å². The number of anilines is 1. The van der Waals surface area contributed by atoms with Crippen molar-refractivity contribution in [3.8, 4) is 16.5 Å². The van der Waals surface area contributed by atoms with Gasteiger partial charge < -0.3 is 15.2 Å². The van der Waals surface area contributed by atoms with E-state index in [1.165, 1.54) is 6.20 Å². The molecule has 206 valence electrons. The first-order valence-corrected chi connectivity index (χ1v) is 15.3. The minimum atomic E-state index is -3.46. The van der Waals surface area contributed by atoms with E-state index < -0.39 is 21.8 Å². The third-order valence-corrected chi connectivity index (χ3v) is 10.1. The second kappa shape index (κ2) is 10.4. The number of rotatable bonds is 11. The van der Waals surface area contributed by atoms with Gasteiger partial charge in [-0.1, -0.05) is 0 Å². The molecule has 5 heterocycles. The van der Waals surface area contributed by atoms with Crippen LogP contribution in [0, 0.1) is 0 Å². The molecule has 1 aliphatic carbocycles. The molecule has 2 aliphatic heterocycles. The number of primary amides is 1. The molecular weight excluding hydrogens is 542 g/mol. The van der Waals surface area contributed by atoms with Crippen LogP contribution in [-0.4, -0.2) is 82.9 Å². The number of nitrogens with zero attached hydrogens (tertiary/aromatic N) is 5. The molecule has 6 rings (SSSR count). The zero-order valence-corrected chi connectivity index (χ0v) is 23.0. The zero-order chi connectivity index (χ0) is 27.1. The molecule has 39 heavy (non-hydrogen) atoms. The molecule has 3 aliphatic rings. The number of fused-ring (bicyclic) bond motifs is 2. The van der Waals surface area contributed by atoms with Gasteiger partial charge in [0.15, 0.2) is 5.01 Å². The molecule has 2 saturated heterocycles. The summed E-state index contributed by atoms with van der Waals surface area (Å²) in [5.41, 5.74) is 7.80. The largest absolute Gasteiger partial charge is 0.477 e. The van der Waals surface area contributed by atoms with E-state index in [2.05, 4.69) is 29.6 Å². The van der Waals surface area contributed by atoms with Crippen molar-refractivity contribution in [1.29, 1.82) is 0 Å². The fourth-order valence-corrected chi connectivity index (χ4v) is 7.43. The SMILES string of the molecule is CCOc1cncc(-c2sc(C(N)=O)nc2[C@H](CN2C[C@H]3C[C@@H]2CO3)c2cc(NS(=O)(=O)C3CC3)ccn2)n1. The van der Waals surface area contributed by atoms with E-state index in [1.54, 1.807) is 24.5 Å². The first-order valence-electron chi connectivity index (χ1n) is 12.9. The first-order chi connectivity index (χ1) is 18.8. The van der Waals surface area contributed by atoms with Gasteiger partial charge in [-0.05, 0) is 38.3 Å². The number of morpholine rings is 1. The molecule has 3 aromatic rings. The fourth-order valence-electron chi connectivity index (χ4n) is 5.12. The normalized spacial score (nSPS) is 21.7. The molecule has 0 spiro atoms. The summed E-state index contributed by atoms with van der Waals surface area (Å²) < 4.78 is 39.3. The Hall–Kier alpha value is -3.20. The molecule has 12 nitrogen and oxygen atoms in total. The van der Waals surface area contributed by atoms with Gasteiger partial charge in [0.2, 0.25) is 15.9 Å². The van der Waals surface area contributed by atoms with Gasteiger partial charge in [-0.3, -0.25) is 24.4 Å². The van der Waals surface area contributed by atoms with Crippen molar-refractivity contribution < 1.29 is 22.7 Å². The Morgan fingerprint density at radius 3 is 2.87 bits per heavy atom. The molecule has 2 bridgehead atoms. The minimum absolute atomic E-state index is 0.144. The van der Waals surface area contributed by atoms with E-state index in [-0.39, 0.29) is 22.4 Å². The number of pyridine rings is 1. The van der Waals surface area contributed by atoms with Gasteiger partial charge in [0.1, 0.15) is 5.69 Å². The van der Waals surface area contributed by atoms with Gasteiger partial charge in [-0.25, -0.2) is 18.4 Å². The molecule has 14 heteroatoms. The van der Waals surface area contributed by atoms with Crippen LogP contribution < -0.4 is 15.2 Å². The maximum absolute atomic E-state index is 12.6. The lowest BCUT2D eigenvalue weighted by Gasteiger charge is -2.30. The number of nitrogens with one attached hydrogen (secondary N) is 1. The number of carbonyl (C=O) groups is 1. The molecule has 1 saturated carbocycles. The van der Waals surface area contributed by atoms with Gasteiger partial charge in [0.05, 0.1) is 64.8 Å². The van der Waals surface area contributed by atoms with Crippen molar-refractivity contribution in [2.45, 2.75) is 49.5 Å². The molecule has 0 radical (unpaired) electrons. The maximum Gasteiger partial charge on any atom is 0.277 e. The van der Waals surface area contributed by atoms with Gasteiger partial charge >= 0.3 is 0 Å². The molecule has 3 aromatic heterocycles. The van der Waals surface area contributed by atoms with E-state index in [9.17, 15) is 13.2 Å². The number of likely N-dealkylation sites (tertiary alicyclic amines) is 1. The molecule has 1 amide bonds. The van der Waals surface area contributed by atoms with Crippen LogP contribution in [0.15, 0.2) is 30.7 Å². The summed E-state index contributed by atoms with van der Waals surface area (Å²) in [6, 6.07) is 3.65. The standard InChI is InChI=1S/C25H29N7O5S2/c1-2-36-21-10-27-9-20(29-21)23-22(30-25(38-23)24(26)33)18(12-32-11-16-8-15(32)13-37-16)19-7-14(5-6-28-19)31-39(34,35)17-3-4-17/h5-7,9-10,15-18H,2-4,8,11-13H2,1H3,(H2,26,33)(H,28,31)/t15-,16-,18-/m1/s1. The average molecular weight is 572 g/mol. The summed E-state index contributed by atoms with van der Waals surface area (Å²) in [6.07, 6.45) is 7.18. The predicted octanol–water partition coefficient (Wildman–Crippen LogP) is 2.00. The van der Waals surface area contributed by atoms with Crippen molar-refractivity contribution in [3.63, 3.8) is 0 Å². The molecular formula is C25H29N7O5S2. The van der Waals surface area contributed by atoms with E-state index in [0.29, 0.717) is 66.1 Å². The van der Waals surface area contributed by atoms with Gasteiger partial charge in [0.25, 0.3) is 5.91 Å². The Morgan fingerprint density at radius 1 is 1.33 bits per heavy atom. The predicted molar refractivity (Wildman–Crippen MR) is 144 cm³/mol. The lowest BCUT2D eigenvalue weighted by atomic mass is 9.97. The van der Waals surface area contributed by atoms with Crippen molar-refractivity contribution in [2.75, 3.05) is 31.0 Å². The molecule has 0 unspecified atom stereocenters. The number of thiazole rings is 1. The molecule has 3 atom stereocenters. The maximum atomic E-state index is 12.6. The third kappa shape index (κ3) is 5.46. The Labute approximate surface area is 230 Å². The lowest BCUT2D eigenvalue weighted by molar-refractivity contribution is 0.0292. The van der Waals surface area contributed by atoms with E-state index in [0.717, 1.165) is 24.3 Å². The number of aromatic nitrogens is 4. The van der Waals surface area contributed by atoms with E-state index >= 15 is 0 Å². The molecule has 0 aromatic carbocycles. The van der Waals surface area contributed by atoms with E-state index in [1.807, 2.05) is 6.92 Å².